The molecule has 0 radical (unpaired) electrons. The molecule has 0 aliphatic carbocycles. The number of aliphatic hydroxyl groups is 1. The third-order valence-electron chi connectivity index (χ3n) is 3.56. The molecular weight excluding hydrogens is 330 g/mol. The highest BCUT2D eigenvalue weighted by Crippen LogP contribution is 2.32. The Hall–Kier alpha value is -1.72. The minimum Gasteiger partial charge on any atom is -0.382 e. The average molecular weight is 346 g/mol. The van der Waals surface area contributed by atoms with E-state index in [0.717, 1.165) is 32.3 Å². The number of hydrogen-bond donors (Lipinski definition) is 1. The Morgan fingerprint density at radius 1 is 1.33 bits per heavy atom. The lowest BCUT2D eigenvalue weighted by atomic mass is 10.0. The first-order valence-corrected chi connectivity index (χ1v) is 7.66. The van der Waals surface area contributed by atoms with E-state index in [0.29, 0.717) is 6.54 Å². The third-order valence-corrected chi connectivity index (χ3v) is 4.17. The Morgan fingerprint density at radius 3 is 2.86 bits per heavy atom. The first-order chi connectivity index (χ1) is 10.1. The van der Waals surface area contributed by atoms with Crippen molar-refractivity contribution >= 4 is 26.8 Å². The lowest BCUT2D eigenvalue weighted by molar-refractivity contribution is 0.208. The smallest absolute Gasteiger partial charge is 0.123 e. The van der Waals surface area contributed by atoms with Crippen LogP contribution in [0.3, 0.4) is 0 Å². The summed E-state index contributed by atoms with van der Waals surface area (Å²) in [6, 6.07) is 9.80. The van der Waals surface area contributed by atoms with Gasteiger partial charge in [-0.05, 0) is 47.5 Å². The normalized spacial score (nSPS) is 12.8. The fourth-order valence-electron chi connectivity index (χ4n) is 2.61. The summed E-state index contributed by atoms with van der Waals surface area (Å²) in [6.45, 7) is 4.65. The third kappa shape index (κ3) is 2.47. The maximum atomic E-state index is 10.9. The van der Waals surface area contributed by atoms with Crippen LogP contribution in [0.1, 0.15) is 30.0 Å². The number of halogens is 1. The number of aliphatic hydroxyl groups excluding tert-OH is 1. The number of benzene rings is 1. The molecule has 2 aromatic heterocycles. The Bertz CT molecular complexity index is 797. The second-order valence-corrected chi connectivity index (χ2v) is 5.82. The van der Waals surface area contributed by atoms with Gasteiger partial charge >= 0.3 is 0 Å². The Labute approximate surface area is 131 Å². The molecule has 0 saturated carbocycles. The fourth-order valence-corrected chi connectivity index (χ4v) is 3.12. The molecule has 21 heavy (non-hydrogen) atoms. The molecule has 1 N–H and O–H groups in total. The van der Waals surface area contributed by atoms with Gasteiger partial charge in [0.2, 0.25) is 0 Å². The van der Waals surface area contributed by atoms with Gasteiger partial charge in [0.1, 0.15) is 6.10 Å². The summed E-state index contributed by atoms with van der Waals surface area (Å²) in [5.41, 5.74) is 3.41. The number of hydrogen-bond acceptors (Lipinski definition) is 3. The maximum Gasteiger partial charge on any atom is 0.123 e. The zero-order valence-electron chi connectivity index (χ0n) is 11.9. The topological polar surface area (TPSA) is 50.9 Å². The zero-order valence-corrected chi connectivity index (χ0v) is 13.5. The van der Waals surface area contributed by atoms with Crippen LogP contribution in [0.25, 0.3) is 10.9 Å². The van der Waals surface area contributed by atoms with Crippen molar-refractivity contribution in [1.29, 1.82) is 0 Å². The molecule has 0 amide bonds. The van der Waals surface area contributed by atoms with Crippen LogP contribution in [-0.2, 0) is 6.54 Å². The molecule has 2 heterocycles. The highest BCUT2D eigenvalue weighted by molar-refractivity contribution is 9.10. The van der Waals surface area contributed by atoms with Crippen molar-refractivity contribution in [2.75, 3.05) is 0 Å². The molecule has 0 aliphatic heterocycles. The number of pyridine rings is 1. The maximum absolute atomic E-state index is 10.9. The number of aryl methyl sites for hydroxylation is 2. The van der Waals surface area contributed by atoms with E-state index < -0.39 is 6.10 Å². The van der Waals surface area contributed by atoms with Crippen LogP contribution >= 0.6 is 15.9 Å². The van der Waals surface area contributed by atoms with Crippen LogP contribution < -0.4 is 0 Å². The van der Waals surface area contributed by atoms with Gasteiger partial charge in [-0.3, -0.25) is 9.67 Å². The van der Waals surface area contributed by atoms with E-state index in [1.165, 1.54) is 0 Å². The molecule has 0 bridgehead atoms. The first-order valence-electron chi connectivity index (χ1n) is 6.87. The van der Waals surface area contributed by atoms with E-state index in [2.05, 4.69) is 26.0 Å². The van der Waals surface area contributed by atoms with Crippen molar-refractivity contribution < 1.29 is 5.11 Å². The monoisotopic (exact) mass is 345 g/mol. The van der Waals surface area contributed by atoms with Crippen molar-refractivity contribution in [3.8, 4) is 0 Å². The lowest BCUT2D eigenvalue weighted by Gasteiger charge is -2.16. The second kappa shape index (κ2) is 5.58. The molecule has 0 spiro atoms. The predicted octanol–water partition coefficient (Wildman–Crippen LogP) is 3.60. The summed E-state index contributed by atoms with van der Waals surface area (Å²) in [7, 11) is 0. The molecule has 4 nitrogen and oxygen atoms in total. The van der Waals surface area contributed by atoms with Gasteiger partial charge in [0.15, 0.2) is 0 Å². The number of fused-ring (bicyclic) bond motifs is 1. The summed E-state index contributed by atoms with van der Waals surface area (Å²) in [6.07, 6.45) is 0.978. The second-order valence-electron chi connectivity index (χ2n) is 4.97. The molecule has 0 fully saturated rings. The van der Waals surface area contributed by atoms with E-state index in [1.54, 1.807) is 10.9 Å². The van der Waals surface area contributed by atoms with Crippen molar-refractivity contribution in [2.45, 2.75) is 26.5 Å². The molecule has 108 valence electrons. The molecule has 0 saturated heterocycles. The van der Waals surface area contributed by atoms with Gasteiger partial charge < -0.3 is 5.11 Å². The van der Waals surface area contributed by atoms with Crippen LogP contribution in [0.2, 0.25) is 0 Å². The van der Waals surface area contributed by atoms with Gasteiger partial charge in [-0.15, -0.1) is 0 Å². The molecule has 3 rings (SSSR count). The minimum absolute atomic E-state index is 0.708. The Balaban J connectivity index is 2.22. The van der Waals surface area contributed by atoms with Gasteiger partial charge in [0.05, 0.1) is 21.9 Å². The van der Waals surface area contributed by atoms with Gasteiger partial charge in [-0.1, -0.05) is 18.2 Å². The summed E-state index contributed by atoms with van der Waals surface area (Å²) in [4.78, 5) is 4.52. The van der Waals surface area contributed by atoms with Crippen LogP contribution in [0.15, 0.2) is 41.0 Å². The first kappa shape index (κ1) is 14.2. The summed E-state index contributed by atoms with van der Waals surface area (Å²) in [5, 5.41) is 16.1. The van der Waals surface area contributed by atoms with Crippen LogP contribution in [0.4, 0.5) is 0 Å². The quantitative estimate of drug-likeness (QED) is 0.788. The van der Waals surface area contributed by atoms with Crippen LogP contribution in [0, 0.1) is 6.92 Å². The summed E-state index contributed by atoms with van der Waals surface area (Å²) in [5.74, 6) is 0. The SMILES string of the molecule is CCn1ncc(Br)c1C(O)c1cc(C)nc2ccccc12. The number of nitrogens with zero attached hydrogens (tertiary/aromatic N) is 3. The van der Waals surface area contributed by atoms with E-state index in [4.69, 9.17) is 0 Å². The van der Waals surface area contributed by atoms with Crippen molar-refractivity contribution in [3.63, 3.8) is 0 Å². The standard InChI is InChI=1S/C16H16BrN3O/c1-3-20-15(13(17)9-18-20)16(21)12-8-10(2)19-14-7-5-4-6-11(12)14/h4-9,16,21H,3H2,1-2H3. The van der Waals surface area contributed by atoms with Crippen LogP contribution in [0.5, 0.6) is 0 Å². The Kier molecular flexibility index (Phi) is 3.78. The molecule has 1 unspecified atom stereocenters. The molecule has 1 aromatic carbocycles. The predicted molar refractivity (Wildman–Crippen MR) is 86.1 cm³/mol. The molecular formula is C16H16BrN3O. The van der Waals surface area contributed by atoms with E-state index >= 15 is 0 Å². The number of aromatic nitrogens is 3. The van der Waals surface area contributed by atoms with E-state index in [9.17, 15) is 5.11 Å². The van der Waals surface area contributed by atoms with Crippen molar-refractivity contribution in [3.05, 3.63) is 58.0 Å². The molecule has 3 aromatic rings. The number of rotatable bonds is 3. The van der Waals surface area contributed by atoms with Crippen molar-refractivity contribution in [2.24, 2.45) is 0 Å². The highest BCUT2D eigenvalue weighted by atomic mass is 79.9. The average Bonchev–Trinajstić information content (AvgIpc) is 2.86. The highest BCUT2D eigenvalue weighted by Gasteiger charge is 2.21. The zero-order chi connectivity index (χ0) is 15.0. The molecule has 0 aliphatic rings. The van der Waals surface area contributed by atoms with Gasteiger partial charge in [0.25, 0.3) is 0 Å². The van der Waals surface area contributed by atoms with Crippen molar-refractivity contribution in [1.82, 2.24) is 14.8 Å². The summed E-state index contributed by atoms with van der Waals surface area (Å²) < 4.78 is 2.62. The van der Waals surface area contributed by atoms with E-state index in [-0.39, 0.29) is 0 Å². The van der Waals surface area contributed by atoms with Gasteiger partial charge in [0, 0.05) is 17.6 Å². The van der Waals surface area contributed by atoms with E-state index in [1.807, 2.05) is 44.2 Å². The van der Waals surface area contributed by atoms with Crippen LogP contribution in [-0.4, -0.2) is 19.9 Å². The summed E-state index contributed by atoms with van der Waals surface area (Å²) >= 11 is 3.48. The molecule has 1 atom stereocenters. The minimum atomic E-state index is -0.742. The van der Waals surface area contributed by atoms with Gasteiger partial charge in [-0.2, -0.15) is 5.10 Å². The van der Waals surface area contributed by atoms with Gasteiger partial charge in [-0.25, -0.2) is 0 Å². The Morgan fingerprint density at radius 2 is 2.10 bits per heavy atom. The molecule has 5 heteroatoms. The largest absolute Gasteiger partial charge is 0.382 e. The fraction of sp³-hybridized carbons (Fsp3) is 0.250. The number of para-hydroxylation sites is 1. The lowest BCUT2D eigenvalue weighted by Crippen LogP contribution is -2.10.